The summed E-state index contributed by atoms with van der Waals surface area (Å²) < 4.78 is 27.7. The van der Waals surface area contributed by atoms with E-state index in [1.54, 1.807) is 13.8 Å². The van der Waals surface area contributed by atoms with Gasteiger partial charge >= 0.3 is 80.8 Å². The molecule has 0 saturated heterocycles. The molecule has 0 bridgehead atoms. The molecule has 0 atom stereocenters. The molecule has 13 heavy (non-hydrogen) atoms. The Morgan fingerprint density at radius 3 is 1.85 bits per heavy atom. The number of hydroxylamine groups is 1. The van der Waals surface area contributed by atoms with Crippen LogP contribution in [0.4, 0.5) is 0 Å². The van der Waals surface area contributed by atoms with E-state index in [0.29, 0.717) is 0 Å². The molecule has 0 radical (unpaired) electrons. The van der Waals surface area contributed by atoms with Crippen LogP contribution >= 0.6 is 0 Å². The molecule has 0 aliphatic rings. The van der Waals surface area contributed by atoms with E-state index >= 15 is 0 Å². The van der Waals surface area contributed by atoms with Crippen molar-refractivity contribution in [1.29, 1.82) is 0 Å². The first kappa shape index (κ1) is 13.3. The van der Waals surface area contributed by atoms with Gasteiger partial charge in [-0.05, 0) is 0 Å². The Morgan fingerprint density at radius 2 is 1.62 bits per heavy atom. The van der Waals surface area contributed by atoms with Crippen molar-refractivity contribution in [1.82, 2.24) is 13.1 Å². The summed E-state index contributed by atoms with van der Waals surface area (Å²) in [5.74, 6) is 0. The zero-order chi connectivity index (χ0) is 10.6. The van der Waals surface area contributed by atoms with Crippen molar-refractivity contribution in [2.24, 2.45) is 0 Å². The normalized spacial score (nSPS) is 13.8. The number of nitrogens with one attached hydrogen (secondary N) is 3. The van der Waals surface area contributed by atoms with Gasteiger partial charge in [0.1, 0.15) is 0 Å². The first-order valence-corrected chi connectivity index (χ1v) is 7.68. The molecule has 6 nitrogen and oxygen atoms in total. The number of hydrogen-bond acceptors (Lipinski definition) is 4. The first-order chi connectivity index (χ1) is 5.90. The minimum absolute atomic E-state index is 0.192. The number of rotatable bonds is 6. The van der Waals surface area contributed by atoms with E-state index in [0.717, 1.165) is 0 Å². The Balaban J connectivity index is 4.77. The van der Waals surface area contributed by atoms with Gasteiger partial charge in [-0.1, -0.05) is 0 Å². The van der Waals surface area contributed by atoms with E-state index < -0.39 is 16.6 Å². The molecule has 3 N–H and O–H groups in total. The molecule has 0 amide bonds. The van der Waals surface area contributed by atoms with Crippen LogP contribution in [0.25, 0.3) is 0 Å². The fourth-order valence-electron chi connectivity index (χ4n) is 0.983. The van der Waals surface area contributed by atoms with E-state index in [1.165, 1.54) is 21.1 Å². The van der Waals surface area contributed by atoms with Crippen molar-refractivity contribution in [3.63, 3.8) is 0 Å². The van der Waals surface area contributed by atoms with E-state index in [-0.39, 0.29) is 6.10 Å². The quantitative estimate of drug-likeness (QED) is 0.429. The van der Waals surface area contributed by atoms with Gasteiger partial charge in [0.05, 0.1) is 0 Å². The van der Waals surface area contributed by atoms with Crippen molar-refractivity contribution in [2.75, 3.05) is 21.1 Å². The van der Waals surface area contributed by atoms with Gasteiger partial charge in [0.15, 0.2) is 0 Å². The monoisotopic (exact) mass is 229 g/mol. The van der Waals surface area contributed by atoms with Crippen molar-refractivity contribution in [3.8, 4) is 0 Å². The summed E-state index contributed by atoms with van der Waals surface area (Å²) >= 11 is -4.84. The van der Waals surface area contributed by atoms with Crippen molar-refractivity contribution in [2.45, 2.75) is 20.0 Å². The number of hydrogen-bond donors (Lipinski definition) is 3. The predicted octanol–water partition coefficient (Wildman–Crippen LogP) is -0.304. The Bertz CT molecular complexity index is 211. The van der Waals surface area contributed by atoms with Crippen LogP contribution < -0.4 is 13.1 Å². The molecule has 0 unspecified atom stereocenters. The second kappa shape index (κ2) is 4.70. The Morgan fingerprint density at radius 1 is 1.15 bits per heavy atom. The molecular formula is C6H19N3O3Ti. The molecule has 0 spiro atoms. The molecule has 0 aromatic carbocycles. The van der Waals surface area contributed by atoms with E-state index in [9.17, 15) is 3.32 Å². The summed E-state index contributed by atoms with van der Waals surface area (Å²) in [7, 11) is 4.58. The Labute approximate surface area is 81.1 Å². The van der Waals surface area contributed by atoms with Crippen LogP contribution in [0.1, 0.15) is 13.8 Å². The van der Waals surface area contributed by atoms with Gasteiger partial charge in [-0.15, -0.1) is 0 Å². The van der Waals surface area contributed by atoms with Gasteiger partial charge in [-0.3, -0.25) is 0 Å². The van der Waals surface area contributed by atoms with Gasteiger partial charge in [0.25, 0.3) is 0 Å². The van der Waals surface area contributed by atoms with E-state index in [1.807, 2.05) is 0 Å². The fourth-order valence-corrected chi connectivity index (χ4v) is 4.05. The van der Waals surface area contributed by atoms with Gasteiger partial charge in [0.2, 0.25) is 0 Å². The van der Waals surface area contributed by atoms with Crippen molar-refractivity contribution in [3.05, 3.63) is 0 Å². The van der Waals surface area contributed by atoms with Crippen LogP contribution in [-0.2, 0) is 26.6 Å². The van der Waals surface area contributed by atoms with Crippen LogP contribution in [0.15, 0.2) is 0 Å². The van der Waals surface area contributed by atoms with Gasteiger partial charge < -0.3 is 0 Å². The summed E-state index contributed by atoms with van der Waals surface area (Å²) in [4.78, 5) is 0. The average Bonchev–Trinajstić information content (AvgIpc) is 2.04. The topological polar surface area (TPSA) is 71.6 Å². The zero-order valence-electron chi connectivity index (χ0n) is 8.80. The van der Waals surface area contributed by atoms with E-state index in [2.05, 4.69) is 13.1 Å². The molecule has 0 fully saturated rings. The maximum atomic E-state index is 12.3. The molecule has 0 rings (SSSR count). The van der Waals surface area contributed by atoms with Crippen molar-refractivity contribution < 1.29 is 26.6 Å². The van der Waals surface area contributed by atoms with Gasteiger partial charge in [0, 0.05) is 0 Å². The van der Waals surface area contributed by atoms with Crippen LogP contribution in [-0.4, -0.2) is 27.2 Å². The summed E-state index contributed by atoms with van der Waals surface area (Å²) in [5.41, 5.74) is 2.38. The van der Waals surface area contributed by atoms with Crippen LogP contribution in [0.2, 0.25) is 0 Å². The summed E-state index contributed by atoms with van der Waals surface area (Å²) in [6.45, 7) is 3.57. The third-order valence-corrected chi connectivity index (χ3v) is 6.60. The predicted molar refractivity (Wildman–Crippen MR) is 45.2 cm³/mol. The molecule has 0 aliphatic heterocycles. The average molecular weight is 229 g/mol. The van der Waals surface area contributed by atoms with Crippen LogP contribution in [0.5, 0.6) is 0 Å². The van der Waals surface area contributed by atoms with Gasteiger partial charge in [-0.25, -0.2) is 0 Å². The standard InChI is InChI=1S/C3H7O.CH4NO.2CH4N.O.Ti/c1-3(2)4;1-2-3;2*1-2;;/h3H,1-2H3;2H,1H3;2*2H,1H3;;/q4*-1;;+4. The maximum absolute atomic E-state index is 12.3. The summed E-state index contributed by atoms with van der Waals surface area (Å²) in [6.07, 6.45) is -0.192. The molecule has 80 valence electrons. The third kappa shape index (κ3) is 3.51. The molecule has 0 saturated carbocycles. The van der Waals surface area contributed by atoms with E-state index in [4.69, 9.17) is 6.74 Å². The summed E-state index contributed by atoms with van der Waals surface area (Å²) in [5, 5.41) is 0. The second-order valence-corrected chi connectivity index (χ2v) is 8.29. The summed E-state index contributed by atoms with van der Waals surface area (Å²) in [6, 6.07) is 0. The van der Waals surface area contributed by atoms with Crippen LogP contribution in [0.3, 0.4) is 0 Å². The Hall–Kier alpha value is 0.314. The molecule has 0 aliphatic carbocycles. The second-order valence-electron chi connectivity index (χ2n) is 2.96. The van der Waals surface area contributed by atoms with Crippen molar-refractivity contribution >= 4 is 0 Å². The minimum atomic E-state index is -4.84. The SMILES string of the molecule is CN[O][Ti](=[O])([NH]C)([NH]C)[O]C(C)C. The molecule has 0 aromatic rings. The van der Waals surface area contributed by atoms with Gasteiger partial charge in [-0.2, -0.15) is 0 Å². The van der Waals surface area contributed by atoms with Crippen LogP contribution in [0, 0.1) is 0 Å². The molecular weight excluding hydrogens is 210 g/mol. The first-order valence-electron chi connectivity index (χ1n) is 4.21. The molecule has 0 heterocycles. The third-order valence-electron chi connectivity index (χ3n) is 1.60. The Kier molecular flexibility index (Phi) is 4.81. The molecule has 0 aromatic heterocycles. The fraction of sp³-hybridized carbons (Fsp3) is 1.00. The zero-order valence-corrected chi connectivity index (χ0v) is 10.4. The molecule has 7 heteroatoms.